The van der Waals surface area contributed by atoms with Gasteiger partial charge in [0.05, 0.1) is 5.69 Å². The molecule has 0 spiro atoms. The molecule has 4 nitrogen and oxygen atoms in total. The summed E-state index contributed by atoms with van der Waals surface area (Å²) in [7, 11) is 0. The summed E-state index contributed by atoms with van der Waals surface area (Å²) in [5, 5.41) is 2.75. The van der Waals surface area contributed by atoms with Crippen LogP contribution >= 0.6 is 22.6 Å². The predicted molar refractivity (Wildman–Crippen MR) is 84.5 cm³/mol. The fourth-order valence-corrected chi connectivity index (χ4v) is 2.58. The Morgan fingerprint density at radius 2 is 1.86 bits per heavy atom. The average molecular weight is 399 g/mol. The van der Waals surface area contributed by atoms with E-state index in [9.17, 15) is 9.18 Å². The quantitative estimate of drug-likeness (QED) is 0.788. The number of nitrogens with one attached hydrogen (secondary N) is 1. The van der Waals surface area contributed by atoms with Gasteiger partial charge in [-0.3, -0.25) is 4.79 Å². The smallest absolute Gasteiger partial charge is 0.255 e. The van der Waals surface area contributed by atoms with Crippen LogP contribution < -0.4 is 14.8 Å². The van der Waals surface area contributed by atoms with E-state index >= 15 is 0 Å². The zero-order valence-electron chi connectivity index (χ0n) is 10.9. The fourth-order valence-electron chi connectivity index (χ4n) is 1.97. The molecular weight excluding hydrogens is 388 g/mol. The molecule has 0 saturated carbocycles. The Morgan fingerprint density at radius 3 is 2.62 bits per heavy atom. The first-order chi connectivity index (χ1) is 10.1. The second kappa shape index (κ2) is 5.88. The van der Waals surface area contributed by atoms with Crippen molar-refractivity contribution in [2.24, 2.45) is 0 Å². The molecule has 6 heteroatoms. The molecule has 0 radical (unpaired) electrons. The van der Waals surface area contributed by atoms with E-state index in [0.717, 1.165) is 0 Å². The highest BCUT2D eigenvalue weighted by atomic mass is 127. The van der Waals surface area contributed by atoms with Gasteiger partial charge in [-0.1, -0.05) is 0 Å². The van der Waals surface area contributed by atoms with Gasteiger partial charge < -0.3 is 14.8 Å². The maximum atomic E-state index is 13.0. The zero-order valence-corrected chi connectivity index (χ0v) is 13.0. The van der Waals surface area contributed by atoms with Gasteiger partial charge in [-0.25, -0.2) is 4.39 Å². The number of fused-ring (bicyclic) bond motifs is 1. The number of ether oxygens (including phenoxy) is 2. The van der Waals surface area contributed by atoms with Crippen LogP contribution in [0, 0.1) is 9.39 Å². The van der Waals surface area contributed by atoms with E-state index in [4.69, 9.17) is 9.47 Å². The third-order valence-electron chi connectivity index (χ3n) is 2.98. The van der Waals surface area contributed by atoms with E-state index < -0.39 is 0 Å². The predicted octanol–water partition coefficient (Wildman–Crippen LogP) is 3.45. The minimum absolute atomic E-state index is 0.281. The standard InChI is InChI=1S/C15H11FINO3/c16-10-2-3-12(11(17)8-10)18-15(19)9-1-4-13-14(7-9)21-6-5-20-13/h1-4,7-8H,5-6H2,(H,18,19). The fraction of sp³-hybridized carbons (Fsp3) is 0.133. The molecule has 1 heterocycles. The van der Waals surface area contributed by atoms with Gasteiger partial charge >= 0.3 is 0 Å². The van der Waals surface area contributed by atoms with Gasteiger partial charge in [0.15, 0.2) is 11.5 Å². The lowest BCUT2D eigenvalue weighted by Crippen LogP contribution is -2.17. The van der Waals surface area contributed by atoms with Crippen molar-refractivity contribution in [2.75, 3.05) is 18.5 Å². The first kappa shape index (κ1) is 14.1. The van der Waals surface area contributed by atoms with Gasteiger partial charge in [0.2, 0.25) is 0 Å². The zero-order chi connectivity index (χ0) is 14.8. The lowest BCUT2D eigenvalue weighted by atomic mass is 10.1. The molecule has 0 bridgehead atoms. The largest absolute Gasteiger partial charge is 0.486 e. The molecule has 2 aromatic carbocycles. The van der Waals surface area contributed by atoms with E-state index in [0.29, 0.717) is 39.5 Å². The van der Waals surface area contributed by atoms with Gasteiger partial charge in [0.25, 0.3) is 5.91 Å². The summed E-state index contributed by atoms with van der Waals surface area (Å²) in [6.45, 7) is 0.972. The maximum Gasteiger partial charge on any atom is 0.255 e. The molecule has 1 aliphatic heterocycles. The molecule has 0 atom stereocenters. The van der Waals surface area contributed by atoms with Crippen molar-refractivity contribution in [2.45, 2.75) is 0 Å². The van der Waals surface area contributed by atoms with Crippen molar-refractivity contribution in [3.63, 3.8) is 0 Å². The van der Waals surface area contributed by atoms with E-state index in [1.54, 1.807) is 18.2 Å². The number of halogens is 2. The van der Waals surface area contributed by atoms with Crippen LogP contribution in [-0.2, 0) is 0 Å². The molecule has 21 heavy (non-hydrogen) atoms. The van der Waals surface area contributed by atoms with Gasteiger partial charge in [0.1, 0.15) is 19.0 Å². The molecule has 0 aliphatic carbocycles. The third kappa shape index (κ3) is 3.10. The van der Waals surface area contributed by atoms with Crippen LogP contribution in [0.1, 0.15) is 10.4 Å². The Labute approximate surface area is 134 Å². The van der Waals surface area contributed by atoms with Crippen LogP contribution in [0.3, 0.4) is 0 Å². The summed E-state index contributed by atoms with van der Waals surface area (Å²) in [6, 6.07) is 9.22. The number of carbonyl (C=O) groups is 1. The molecule has 1 N–H and O–H groups in total. The lowest BCUT2D eigenvalue weighted by molar-refractivity contribution is 0.102. The minimum atomic E-state index is -0.336. The Bertz CT molecular complexity index is 705. The van der Waals surface area contributed by atoms with E-state index in [-0.39, 0.29) is 11.7 Å². The number of amides is 1. The SMILES string of the molecule is O=C(Nc1ccc(F)cc1I)c1ccc2c(c1)OCCO2. The van der Waals surface area contributed by atoms with E-state index in [1.165, 1.54) is 18.2 Å². The molecule has 0 aromatic heterocycles. The molecule has 0 unspecified atom stereocenters. The first-order valence-corrected chi connectivity index (χ1v) is 7.37. The molecule has 1 amide bonds. The maximum absolute atomic E-state index is 13.0. The van der Waals surface area contributed by atoms with Crippen molar-refractivity contribution in [1.82, 2.24) is 0 Å². The second-order valence-corrected chi connectivity index (χ2v) is 5.60. The molecule has 0 fully saturated rings. The van der Waals surface area contributed by atoms with Crippen molar-refractivity contribution in [3.8, 4) is 11.5 Å². The Kier molecular flexibility index (Phi) is 3.96. The Hall–Kier alpha value is -1.83. The number of rotatable bonds is 2. The molecule has 1 aliphatic rings. The van der Waals surface area contributed by atoms with Crippen LogP contribution in [-0.4, -0.2) is 19.1 Å². The second-order valence-electron chi connectivity index (χ2n) is 4.44. The molecule has 108 valence electrons. The summed E-state index contributed by atoms with van der Waals surface area (Å²) < 4.78 is 24.5. The summed E-state index contributed by atoms with van der Waals surface area (Å²) in [5.41, 5.74) is 1.02. The molecule has 0 saturated heterocycles. The summed E-state index contributed by atoms with van der Waals surface area (Å²) >= 11 is 1.97. The van der Waals surface area contributed by atoms with Crippen LogP contribution in [0.15, 0.2) is 36.4 Å². The Morgan fingerprint density at radius 1 is 1.10 bits per heavy atom. The minimum Gasteiger partial charge on any atom is -0.486 e. The topological polar surface area (TPSA) is 47.6 Å². The highest BCUT2D eigenvalue weighted by molar-refractivity contribution is 14.1. The molecule has 2 aromatic rings. The number of anilines is 1. The summed E-state index contributed by atoms with van der Waals surface area (Å²) in [6.07, 6.45) is 0. The van der Waals surface area contributed by atoms with Crippen LogP contribution in [0.25, 0.3) is 0 Å². The van der Waals surface area contributed by atoms with Crippen molar-refractivity contribution < 1.29 is 18.7 Å². The highest BCUT2D eigenvalue weighted by Crippen LogP contribution is 2.31. The van der Waals surface area contributed by atoms with Gasteiger partial charge in [-0.05, 0) is 59.0 Å². The van der Waals surface area contributed by atoms with E-state index in [2.05, 4.69) is 5.32 Å². The number of carbonyl (C=O) groups excluding carboxylic acids is 1. The highest BCUT2D eigenvalue weighted by Gasteiger charge is 2.15. The Balaban J connectivity index is 1.82. The summed E-state index contributed by atoms with van der Waals surface area (Å²) in [4.78, 5) is 12.2. The monoisotopic (exact) mass is 399 g/mol. The average Bonchev–Trinajstić information content (AvgIpc) is 2.49. The number of hydrogen-bond acceptors (Lipinski definition) is 3. The van der Waals surface area contributed by atoms with Crippen LogP contribution in [0.4, 0.5) is 10.1 Å². The molecule has 3 rings (SSSR count). The van der Waals surface area contributed by atoms with Crippen molar-refractivity contribution in [1.29, 1.82) is 0 Å². The van der Waals surface area contributed by atoms with Crippen LogP contribution in [0.2, 0.25) is 0 Å². The normalized spacial score (nSPS) is 12.9. The van der Waals surface area contributed by atoms with Crippen molar-refractivity contribution >= 4 is 34.2 Å². The van der Waals surface area contributed by atoms with Gasteiger partial charge in [-0.15, -0.1) is 0 Å². The summed E-state index contributed by atoms with van der Waals surface area (Å²) in [5.74, 6) is 0.574. The number of benzene rings is 2. The first-order valence-electron chi connectivity index (χ1n) is 6.29. The van der Waals surface area contributed by atoms with Crippen LogP contribution in [0.5, 0.6) is 11.5 Å². The van der Waals surface area contributed by atoms with Gasteiger partial charge in [-0.2, -0.15) is 0 Å². The van der Waals surface area contributed by atoms with Gasteiger partial charge in [0, 0.05) is 9.13 Å². The third-order valence-corrected chi connectivity index (χ3v) is 3.88. The number of hydrogen-bond donors (Lipinski definition) is 1. The molecular formula is C15H11FINO3. The van der Waals surface area contributed by atoms with E-state index in [1.807, 2.05) is 22.6 Å². The van der Waals surface area contributed by atoms with Crippen molar-refractivity contribution in [3.05, 3.63) is 51.3 Å². The lowest BCUT2D eigenvalue weighted by Gasteiger charge is -2.18.